The molecule has 2 aliphatic rings. The lowest BCUT2D eigenvalue weighted by Gasteiger charge is -2.50. The van der Waals surface area contributed by atoms with Crippen LogP contribution in [0.4, 0.5) is 0 Å². The van der Waals surface area contributed by atoms with Gasteiger partial charge in [-0.3, -0.25) is 14.4 Å². The Balaban J connectivity index is 2.26. The quantitative estimate of drug-likeness (QED) is 0.766. The SMILES string of the molecule is CN1CC2(CCC2)n2cc(C(N)=O)c(=O)cc2C1=O. The van der Waals surface area contributed by atoms with Crippen molar-refractivity contribution in [2.24, 2.45) is 5.73 Å². The number of hydrogen-bond acceptors (Lipinski definition) is 3. The van der Waals surface area contributed by atoms with Gasteiger partial charge in [-0.05, 0) is 19.3 Å². The molecule has 1 aliphatic heterocycles. The second kappa shape index (κ2) is 3.69. The monoisotopic (exact) mass is 261 g/mol. The van der Waals surface area contributed by atoms with E-state index in [0.717, 1.165) is 19.3 Å². The normalized spacial score (nSPS) is 20.1. The molecule has 19 heavy (non-hydrogen) atoms. The largest absolute Gasteiger partial charge is 0.365 e. The van der Waals surface area contributed by atoms with Crippen molar-refractivity contribution in [2.45, 2.75) is 24.8 Å². The van der Waals surface area contributed by atoms with Crippen molar-refractivity contribution < 1.29 is 9.59 Å². The van der Waals surface area contributed by atoms with Crippen molar-refractivity contribution in [3.05, 3.63) is 33.7 Å². The molecule has 0 bridgehead atoms. The van der Waals surface area contributed by atoms with Gasteiger partial charge in [0.2, 0.25) is 0 Å². The number of aromatic nitrogens is 1. The van der Waals surface area contributed by atoms with Gasteiger partial charge in [-0.2, -0.15) is 0 Å². The third-order valence-electron chi connectivity index (χ3n) is 4.21. The van der Waals surface area contributed by atoms with Crippen molar-refractivity contribution >= 4 is 11.8 Å². The van der Waals surface area contributed by atoms with Crippen LogP contribution in [0.3, 0.4) is 0 Å². The second-order valence-corrected chi connectivity index (χ2v) is 5.41. The smallest absolute Gasteiger partial charge is 0.270 e. The molecule has 6 heteroatoms. The first kappa shape index (κ1) is 12.0. The van der Waals surface area contributed by atoms with E-state index in [-0.39, 0.29) is 17.0 Å². The summed E-state index contributed by atoms with van der Waals surface area (Å²) in [6.07, 6.45) is 4.43. The highest BCUT2D eigenvalue weighted by Gasteiger charge is 2.45. The molecular formula is C13H15N3O3. The highest BCUT2D eigenvalue weighted by atomic mass is 16.2. The number of carbonyl (C=O) groups excluding carboxylic acids is 2. The van der Waals surface area contributed by atoms with Crippen LogP contribution in [-0.2, 0) is 5.54 Å². The van der Waals surface area contributed by atoms with Crippen LogP contribution in [0.15, 0.2) is 17.1 Å². The second-order valence-electron chi connectivity index (χ2n) is 5.41. The summed E-state index contributed by atoms with van der Waals surface area (Å²) in [5.41, 5.74) is 4.85. The van der Waals surface area contributed by atoms with Gasteiger partial charge in [-0.25, -0.2) is 0 Å². The van der Waals surface area contributed by atoms with Gasteiger partial charge in [-0.1, -0.05) is 0 Å². The molecule has 0 radical (unpaired) electrons. The highest BCUT2D eigenvalue weighted by molar-refractivity contribution is 5.96. The summed E-state index contributed by atoms with van der Waals surface area (Å²) in [4.78, 5) is 36.9. The molecule has 1 saturated carbocycles. The summed E-state index contributed by atoms with van der Waals surface area (Å²) >= 11 is 0. The number of fused-ring (bicyclic) bond motifs is 2. The lowest BCUT2D eigenvalue weighted by atomic mass is 9.74. The fourth-order valence-electron chi connectivity index (χ4n) is 3.04. The fraction of sp³-hybridized carbons (Fsp3) is 0.462. The van der Waals surface area contributed by atoms with Crippen LogP contribution < -0.4 is 11.2 Å². The highest BCUT2D eigenvalue weighted by Crippen LogP contribution is 2.42. The van der Waals surface area contributed by atoms with Crippen LogP contribution in [-0.4, -0.2) is 34.9 Å². The maximum Gasteiger partial charge on any atom is 0.270 e. The first-order valence-corrected chi connectivity index (χ1v) is 6.27. The third-order valence-corrected chi connectivity index (χ3v) is 4.21. The standard InChI is InChI=1S/C13H15N3O3/c1-15-7-13(3-2-4-13)16-6-8(11(14)18)10(17)5-9(16)12(15)19/h5-6H,2-4,7H2,1H3,(H2,14,18). The molecule has 3 rings (SSSR count). The number of carbonyl (C=O) groups is 2. The van der Waals surface area contributed by atoms with E-state index in [0.29, 0.717) is 12.2 Å². The van der Waals surface area contributed by atoms with E-state index in [4.69, 9.17) is 5.73 Å². The molecular weight excluding hydrogens is 246 g/mol. The number of primary amides is 1. The van der Waals surface area contributed by atoms with Crippen LogP contribution in [0.1, 0.15) is 40.1 Å². The maximum absolute atomic E-state index is 12.1. The van der Waals surface area contributed by atoms with Crippen LogP contribution in [0.2, 0.25) is 0 Å². The van der Waals surface area contributed by atoms with E-state index in [2.05, 4.69) is 0 Å². The Morgan fingerprint density at radius 2 is 2.05 bits per heavy atom. The van der Waals surface area contributed by atoms with Crippen molar-refractivity contribution in [1.29, 1.82) is 0 Å². The van der Waals surface area contributed by atoms with Crippen molar-refractivity contribution in [3.63, 3.8) is 0 Å². The van der Waals surface area contributed by atoms with Crippen molar-refractivity contribution in [1.82, 2.24) is 9.47 Å². The molecule has 1 aliphatic carbocycles. The van der Waals surface area contributed by atoms with E-state index < -0.39 is 11.3 Å². The molecule has 1 aromatic heterocycles. The van der Waals surface area contributed by atoms with Crippen molar-refractivity contribution in [2.75, 3.05) is 13.6 Å². The van der Waals surface area contributed by atoms with Crippen LogP contribution in [0.5, 0.6) is 0 Å². The van der Waals surface area contributed by atoms with Gasteiger partial charge in [-0.15, -0.1) is 0 Å². The molecule has 0 saturated heterocycles. The molecule has 100 valence electrons. The molecule has 1 spiro atoms. The molecule has 1 fully saturated rings. The van der Waals surface area contributed by atoms with E-state index in [1.165, 1.54) is 12.3 Å². The summed E-state index contributed by atoms with van der Waals surface area (Å²) in [6.45, 7) is 0.611. The van der Waals surface area contributed by atoms with Crippen LogP contribution >= 0.6 is 0 Å². The molecule has 0 atom stereocenters. The van der Waals surface area contributed by atoms with Gasteiger partial charge < -0.3 is 15.2 Å². The number of pyridine rings is 1. The van der Waals surface area contributed by atoms with E-state index in [1.54, 1.807) is 16.5 Å². The zero-order valence-electron chi connectivity index (χ0n) is 10.7. The van der Waals surface area contributed by atoms with Crippen LogP contribution in [0.25, 0.3) is 0 Å². The minimum atomic E-state index is -0.749. The number of likely N-dealkylation sites (N-methyl/N-ethyl adjacent to an activating group) is 1. The van der Waals surface area contributed by atoms with Gasteiger partial charge in [0.1, 0.15) is 11.3 Å². The lowest BCUT2D eigenvalue weighted by Crippen LogP contribution is -2.56. The Kier molecular flexibility index (Phi) is 2.32. The van der Waals surface area contributed by atoms with Gasteiger partial charge in [0.05, 0.1) is 5.54 Å². The van der Waals surface area contributed by atoms with Gasteiger partial charge in [0.25, 0.3) is 11.8 Å². The zero-order valence-corrected chi connectivity index (χ0v) is 10.7. The van der Waals surface area contributed by atoms with Gasteiger partial charge in [0, 0.05) is 25.9 Å². The van der Waals surface area contributed by atoms with Gasteiger partial charge >= 0.3 is 0 Å². The van der Waals surface area contributed by atoms with E-state index in [1.807, 2.05) is 0 Å². The molecule has 2 heterocycles. The number of nitrogens with two attached hydrogens (primary N) is 1. The minimum Gasteiger partial charge on any atom is -0.365 e. The molecule has 0 unspecified atom stereocenters. The van der Waals surface area contributed by atoms with E-state index in [9.17, 15) is 14.4 Å². The minimum absolute atomic E-state index is 0.0487. The lowest BCUT2D eigenvalue weighted by molar-refractivity contribution is 0.0395. The summed E-state index contributed by atoms with van der Waals surface area (Å²) < 4.78 is 1.79. The predicted molar refractivity (Wildman–Crippen MR) is 68.0 cm³/mol. The number of nitrogens with zero attached hydrogens (tertiary/aromatic N) is 2. The summed E-state index contributed by atoms with van der Waals surface area (Å²) in [6, 6.07) is 1.23. The van der Waals surface area contributed by atoms with Crippen LogP contribution in [0, 0.1) is 0 Å². The summed E-state index contributed by atoms with van der Waals surface area (Å²) in [5.74, 6) is -0.938. The Hall–Kier alpha value is -2.11. The number of hydrogen-bond donors (Lipinski definition) is 1. The molecule has 0 aromatic carbocycles. The first-order valence-electron chi connectivity index (χ1n) is 6.27. The van der Waals surface area contributed by atoms with Crippen molar-refractivity contribution in [3.8, 4) is 0 Å². The number of amides is 2. The average Bonchev–Trinajstić information content (AvgIpc) is 2.31. The summed E-state index contributed by atoms with van der Waals surface area (Å²) in [7, 11) is 1.73. The molecule has 6 nitrogen and oxygen atoms in total. The Bertz CT molecular complexity index is 643. The van der Waals surface area contributed by atoms with E-state index >= 15 is 0 Å². The fourth-order valence-corrected chi connectivity index (χ4v) is 3.04. The molecule has 2 N–H and O–H groups in total. The van der Waals surface area contributed by atoms with Gasteiger partial charge in [0.15, 0.2) is 5.43 Å². The maximum atomic E-state index is 12.1. The zero-order chi connectivity index (χ0) is 13.8. The molecule has 2 amide bonds. The Morgan fingerprint density at radius 1 is 1.37 bits per heavy atom. The number of rotatable bonds is 1. The first-order chi connectivity index (χ1) is 8.94. The predicted octanol–water partition coefficient (Wildman–Crippen LogP) is -0.0880. The average molecular weight is 261 g/mol. The Labute approximate surface area is 109 Å². The molecule has 1 aromatic rings. The summed E-state index contributed by atoms with van der Waals surface area (Å²) in [5, 5.41) is 0. The topological polar surface area (TPSA) is 85.4 Å². The third kappa shape index (κ3) is 1.52. The Morgan fingerprint density at radius 3 is 2.58 bits per heavy atom.